The van der Waals surface area contributed by atoms with Crippen LogP contribution in [0, 0.1) is 6.92 Å². The molecule has 0 spiro atoms. The van der Waals surface area contributed by atoms with Crippen molar-refractivity contribution in [2.75, 3.05) is 36.8 Å². The molecule has 2 saturated carbocycles. The summed E-state index contributed by atoms with van der Waals surface area (Å²) in [4.78, 5) is 26.5. The minimum absolute atomic E-state index is 0.0290. The summed E-state index contributed by atoms with van der Waals surface area (Å²) < 4.78 is 2.15. The molecule has 2 aliphatic heterocycles. The molecule has 200 valence electrons. The van der Waals surface area contributed by atoms with E-state index in [4.69, 9.17) is 10.1 Å². The second-order valence-corrected chi connectivity index (χ2v) is 12.1. The molecule has 0 bridgehead atoms. The molecule has 2 aromatic heterocycles. The van der Waals surface area contributed by atoms with Crippen LogP contribution in [0.4, 0.5) is 17.5 Å². The molecule has 9 heteroatoms. The van der Waals surface area contributed by atoms with Crippen LogP contribution in [0.5, 0.6) is 0 Å². The highest BCUT2D eigenvalue weighted by atomic mass is 16.2. The number of carbonyl (C=O) groups is 1. The van der Waals surface area contributed by atoms with Crippen molar-refractivity contribution in [3.8, 4) is 0 Å². The van der Waals surface area contributed by atoms with Gasteiger partial charge in [-0.1, -0.05) is 0 Å². The summed E-state index contributed by atoms with van der Waals surface area (Å²) in [6.07, 6.45) is 14.1. The first-order valence-electron chi connectivity index (χ1n) is 14.4. The molecule has 9 nitrogen and oxygen atoms in total. The van der Waals surface area contributed by atoms with E-state index in [1.807, 2.05) is 11.1 Å². The number of hydrogen-bond acceptors (Lipinski definition) is 7. The van der Waals surface area contributed by atoms with Gasteiger partial charge in [0, 0.05) is 62.1 Å². The monoisotopic (exact) mass is 506 g/mol. The zero-order chi connectivity index (χ0) is 25.6. The number of aromatic nitrogens is 4. The zero-order valence-electron chi connectivity index (χ0n) is 22.7. The predicted molar refractivity (Wildman–Crippen MR) is 145 cm³/mol. The third-order valence-electron chi connectivity index (χ3n) is 8.77. The van der Waals surface area contributed by atoms with Gasteiger partial charge in [-0.05, 0) is 78.1 Å². The van der Waals surface area contributed by atoms with Gasteiger partial charge in [0.05, 0.1) is 17.4 Å². The van der Waals surface area contributed by atoms with Crippen LogP contribution < -0.4 is 10.6 Å². The van der Waals surface area contributed by atoms with Gasteiger partial charge in [0.15, 0.2) is 0 Å². The second kappa shape index (κ2) is 9.89. The summed E-state index contributed by atoms with van der Waals surface area (Å²) in [7, 11) is 0. The fourth-order valence-corrected chi connectivity index (χ4v) is 6.04. The summed E-state index contributed by atoms with van der Waals surface area (Å²) in [6.45, 7) is 10.3. The van der Waals surface area contributed by atoms with Gasteiger partial charge in [-0.2, -0.15) is 10.1 Å². The number of nitrogens with one attached hydrogen (secondary N) is 2. The quantitative estimate of drug-likeness (QED) is 0.455. The van der Waals surface area contributed by atoms with Crippen molar-refractivity contribution in [1.82, 2.24) is 29.5 Å². The molecule has 4 heterocycles. The molecule has 2 N–H and O–H groups in total. The van der Waals surface area contributed by atoms with Crippen LogP contribution in [0.25, 0.3) is 0 Å². The Kier molecular flexibility index (Phi) is 6.59. The molecule has 0 atom stereocenters. The van der Waals surface area contributed by atoms with E-state index < -0.39 is 0 Å². The summed E-state index contributed by atoms with van der Waals surface area (Å²) in [5.74, 6) is 2.36. The van der Waals surface area contributed by atoms with Crippen molar-refractivity contribution in [3.05, 3.63) is 23.7 Å². The number of anilines is 3. The maximum atomic E-state index is 12.3. The van der Waals surface area contributed by atoms with E-state index in [-0.39, 0.29) is 11.4 Å². The van der Waals surface area contributed by atoms with Gasteiger partial charge < -0.3 is 20.4 Å². The number of aryl methyl sites for hydroxylation is 1. The lowest BCUT2D eigenvalue weighted by atomic mass is 10.0. The fraction of sp³-hybridized carbons (Fsp3) is 0.714. The van der Waals surface area contributed by atoms with Crippen molar-refractivity contribution in [3.63, 3.8) is 0 Å². The van der Waals surface area contributed by atoms with Crippen molar-refractivity contribution >= 4 is 23.4 Å². The Labute approximate surface area is 220 Å². The van der Waals surface area contributed by atoms with Crippen molar-refractivity contribution in [1.29, 1.82) is 0 Å². The molecule has 4 fully saturated rings. The van der Waals surface area contributed by atoms with E-state index in [0.717, 1.165) is 62.0 Å². The summed E-state index contributed by atoms with van der Waals surface area (Å²) in [6, 6.07) is 1.32. The molecule has 0 unspecified atom stereocenters. The van der Waals surface area contributed by atoms with E-state index in [1.54, 1.807) is 0 Å². The Morgan fingerprint density at radius 2 is 1.86 bits per heavy atom. The average Bonchev–Trinajstić information content (AvgIpc) is 3.81. The van der Waals surface area contributed by atoms with Gasteiger partial charge in [-0.15, -0.1) is 0 Å². The van der Waals surface area contributed by atoms with Gasteiger partial charge >= 0.3 is 0 Å². The first kappa shape index (κ1) is 24.6. The fourth-order valence-electron chi connectivity index (χ4n) is 6.04. The van der Waals surface area contributed by atoms with Gasteiger partial charge in [0.25, 0.3) is 0 Å². The molecule has 2 saturated heterocycles. The Balaban J connectivity index is 1.08. The van der Waals surface area contributed by atoms with Crippen molar-refractivity contribution in [2.45, 2.75) is 102 Å². The number of piperidine rings is 1. The van der Waals surface area contributed by atoms with Gasteiger partial charge in [0.1, 0.15) is 5.82 Å². The summed E-state index contributed by atoms with van der Waals surface area (Å²) in [5.41, 5.74) is 3.13. The van der Waals surface area contributed by atoms with E-state index >= 15 is 0 Å². The summed E-state index contributed by atoms with van der Waals surface area (Å²) in [5, 5.41) is 11.8. The lowest BCUT2D eigenvalue weighted by Gasteiger charge is -2.32. The Morgan fingerprint density at radius 3 is 2.54 bits per heavy atom. The van der Waals surface area contributed by atoms with Crippen molar-refractivity contribution in [2.24, 2.45) is 0 Å². The lowest BCUT2D eigenvalue weighted by Crippen LogP contribution is -2.41. The molecule has 0 radical (unpaired) electrons. The largest absolute Gasteiger partial charge is 0.370 e. The molecule has 4 aliphatic rings. The van der Waals surface area contributed by atoms with Crippen LogP contribution >= 0.6 is 0 Å². The molecule has 1 amide bonds. The third kappa shape index (κ3) is 5.47. The molecular weight excluding hydrogens is 464 g/mol. The second-order valence-electron chi connectivity index (χ2n) is 12.1. The van der Waals surface area contributed by atoms with Gasteiger partial charge in [-0.3, -0.25) is 9.48 Å². The van der Waals surface area contributed by atoms with Crippen molar-refractivity contribution < 1.29 is 4.79 Å². The molecular formula is C28H42N8O. The van der Waals surface area contributed by atoms with Crippen LogP contribution in [0.3, 0.4) is 0 Å². The SMILES string of the molecule is Cc1nn(C2CCN(C3CC3)CC2)cc1Nc1ncc(C2CC2)c(NCCCN2C(=O)CCC2(C)C)n1. The third-order valence-corrected chi connectivity index (χ3v) is 8.77. The Bertz CT molecular complexity index is 1130. The molecule has 6 rings (SSSR count). The summed E-state index contributed by atoms with van der Waals surface area (Å²) >= 11 is 0. The normalized spacial score (nSPS) is 22.6. The smallest absolute Gasteiger partial charge is 0.229 e. The highest BCUT2D eigenvalue weighted by molar-refractivity contribution is 5.79. The van der Waals surface area contributed by atoms with E-state index in [0.29, 0.717) is 24.3 Å². The molecule has 2 aliphatic carbocycles. The first-order chi connectivity index (χ1) is 17.9. The van der Waals surface area contributed by atoms with Crippen LogP contribution in [0.1, 0.15) is 94.9 Å². The van der Waals surface area contributed by atoms with Gasteiger partial charge in [-0.25, -0.2) is 4.98 Å². The topological polar surface area (TPSA) is 91.2 Å². The standard InChI is InChI=1S/C28H42N8O/c1-19-24(18-36(33-19)22-10-15-34(16-11-22)21-7-8-21)31-27-30-17-23(20-5-6-20)26(32-27)29-13-4-14-35-25(37)9-12-28(35,2)3/h17-18,20-22H,4-16H2,1-3H3,(H2,29,30,31,32). The number of rotatable bonds is 10. The van der Waals surface area contributed by atoms with Crippen LogP contribution in [0.15, 0.2) is 12.4 Å². The number of nitrogens with zero attached hydrogens (tertiary/aromatic N) is 6. The number of amides is 1. The maximum Gasteiger partial charge on any atom is 0.229 e. The van der Waals surface area contributed by atoms with Crippen LogP contribution in [-0.4, -0.2) is 73.2 Å². The highest BCUT2D eigenvalue weighted by Crippen LogP contribution is 2.43. The first-order valence-corrected chi connectivity index (χ1v) is 14.4. The maximum absolute atomic E-state index is 12.3. The van der Waals surface area contributed by atoms with E-state index in [2.05, 4.69) is 52.2 Å². The minimum atomic E-state index is -0.0290. The van der Waals surface area contributed by atoms with E-state index in [9.17, 15) is 4.79 Å². The average molecular weight is 507 g/mol. The number of likely N-dealkylation sites (tertiary alicyclic amines) is 2. The van der Waals surface area contributed by atoms with Gasteiger partial charge in [0.2, 0.25) is 11.9 Å². The Hall–Kier alpha value is -2.68. The van der Waals surface area contributed by atoms with E-state index in [1.165, 1.54) is 44.3 Å². The zero-order valence-corrected chi connectivity index (χ0v) is 22.7. The van der Waals surface area contributed by atoms with Crippen LogP contribution in [0.2, 0.25) is 0 Å². The molecule has 37 heavy (non-hydrogen) atoms. The predicted octanol–water partition coefficient (Wildman–Crippen LogP) is 4.60. The Morgan fingerprint density at radius 1 is 1.08 bits per heavy atom. The highest BCUT2D eigenvalue weighted by Gasteiger charge is 2.37. The number of hydrogen-bond donors (Lipinski definition) is 2. The number of carbonyl (C=O) groups excluding carboxylic acids is 1. The minimum Gasteiger partial charge on any atom is -0.370 e. The molecule has 0 aromatic carbocycles. The molecule has 2 aromatic rings. The van der Waals surface area contributed by atoms with Crippen LogP contribution in [-0.2, 0) is 4.79 Å². The lowest BCUT2D eigenvalue weighted by molar-refractivity contribution is -0.130.